The van der Waals surface area contributed by atoms with Crippen molar-refractivity contribution in [2.75, 3.05) is 31.6 Å². The number of piperidine rings is 1. The van der Waals surface area contributed by atoms with Crippen molar-refractivity contribution in [3.8, 4) is 5.75 Å². The Morgan fingerprint density at radius 3 is 2.89 bits per heavy atom. The largest absolute Gasteiger partial charge is 0.490 e. The number of carbonyl (C=O) groups is 1. The molecule has 1 atom stereocenters. The molecule has 2 N–H and O–H groups in total. The maximum absolute atomic E-state index is 12.0. The van der Waals surface area contributed by atoms with Crippen LogP contribution in [0.2, 0.25) is 0 Å². The van der Waals surface area contributed by atoms with Gasteiger partial charge in [-0.1, -0.05) is 30.3 Å². The lowest BCUT2D eigenvalue weighted by Crippen LogP contribution is -2.41. The third-order valence-electron chi connectivity index (χ3n) is 6.22. The molecule has 0 bridgehead atoms. The zero-order chi connectivity index (χ0) is 23.9. The number of H-pyrrole nitrogens is 1. The number of ether oxygens (including phenoxy) is 2. The van der Waals surface area contributed by atoms with Gasteiger partial charge in [-0.25, -0.2) is 4.79 Å². The van der Waals surface area contributed by atoms with Crippen LogP contribution in [-0.4, -0.2) is 53.4 Å². The van der Waals surface area contributed by atoms with E-state index in [1.165, 1.54) is 5.56 Å². The van der Waals surface area contributed by atoms with Crippen LogP contribution in [0.15, 0.2) is 79.0 Å². The highest BCUT2D eigenvalue weighted by Crippen LogP contribution is 2.22. The molecule has 0 aliphatic carbocycles. The summed E-state index contributed by atoms with van der Waals surface area (Å²) in [6.45, 7) is 3.48. The molecule has 180 valence electrons. The third-order valence-corrected chi connectivity index (χ3v) is 6.22. The van der Waals surface area contributed by atoms with Crippen molar-refractivity contribution >= 4 is 22.6 Å². The number of anilines is 1. The van der Waals surface area contributed by atoms with E-state index in [9.17, 15) is 4.79 Å². The summed E-state index contributed by atoms with van der Waals surface area (Å²) in [4.78, 5) is 14.5. The number of nitrogens with one attached hydrogen (secondary N) is 2. The second-order valence-corrected chi connectivity index (χ2v) is 8.89. The Bertz CT molecular complexity index is 1260. The summed E-state index contributed by atoms with van der Waals surface area (Å²) in [5, 5.41) is 11.9. The van der Waals surface area contributed by atoms with Gasteiger partial charge in [0.2, 0.25) is 0 Å². The van der Waals surface area contributed by atoms with E-state index in [0.717, 1.165) is 54.8 Å². The number of benzene rings is 3. The van der Waals surface area contributed by atoms with Crippen LogP contribution in [0.4, 0.5) is 5.69 Å². The molecule has 1 aliphatic rings. The van der Waals surface area contributed by atoms with Gasteiger partial charge >= 0.3 is 5.97 Å². The highest BCUT2D eigenvalue weighted by atomic mass is 16.6. The number of aromatic nitrogens is 2. The van der Waals surface area contributed by atoms with E-state index in [2.05, 4.69) is 50.7 Å². The van der Waals surface area contributed by atoms with E-state index >= 15 is 0 Å². The van der Waals surface area contributed by atoms with Crippen LogP contribution in [0.25, 0.3) is 10.9 Å². The smallest absolute Gasteiger partial charge is 0.338 e. The van der Waals surface area contributed by atoms with Gasteiger partial charge in [-0.2, -0.15) is 5.10 Å². The van der Waals surface area contributed by atoms with Gasteiger partial charge in [0.05, 0.1) is 17.3 Å². The first-order chi connectivity index (χ1) is 17.2. The third kappa shape index (κ3) is 6.19. The van der Waals surface area contributed by atoms with Crippen LogP contribution in [0.3, 0.4) is 0 Å². The zero-order valence-electron chi connectivity index (χ0n) is 19.7. The minimum absolute atomic E-state index is 0.210. The molecule has 2 heterocycles. The quantitative estimate of drug-likeness (QED) is 0.268. The number of aromatic amines is 1. The molecule has 1 aliphatic heterocycles. The molecule has 5 rings (SSSR count). The Kier molecular flexibility index (Phi) is 7.24. The molecule has 35 heavy (non-hydrogen) atoms. The van der Waals surface area contributed by atoms with E-state index in [1.807, 2.05) is 36.5 Å². The standard InChI is InChI=1S/C28H30N4O3/c33-28(22-7-2-1-3-8-22)35-15-14-34-26-10-4-6-21(16-26)19-32-13-5-9-25(20-32)30-24-11-12-27-23(17-24)18-29-31-27/h1-4,6-8,10-12,16-18,25,30H,5,9,13-15,19-20H2,(H,29,31)/t25-/m0/s1. The number of carbonyl (C=O) groups excluding carboxylic acids is 1. The lowest BCUT2D eigenvalue weighted by molar-refractivity contribution is 0.0450. The summed E-state index contributed by atoms with van der Waals surface area (Å²) in [6.07, 6.45) is 4.18. The zero-order valence-corrected chi connectivity index (χ0v) is 19.7. The molecule has 4 aromatic rings. The first kappa shape index (κ1) is 22.9. The Hall–Kier alpha value is -3.84. The van der Waals surface area contributed by atoms with Gasteiger partial charge in [-0.3, -0.25) is 10.00 Å². The molecule has 1 fully saturated rings. The summed E-state index contributed by atoms with van der Waals surface area (Å²) in [5.41, 5.74) is 3.95. The lowest BCUT2D eigenvalue weighted by atomic mass is 10.0. The van der Waals surface area contributed by atoms with Crippen molar-refractivity contribution in [2.45, 2.75) is 25.4 Å². The highest BCUT2D eigenvalue weighted by Gasteiger charge is 2.20. The van der Waals surface area contributed by atoms with Gasteiger partial charge in [0, 0.05) is 30.2 Å². The maximum atomic E-state index is 12.0. The highest BCUT2D eigenvalue weighted by molar-refractivity contribution is 5.89. The number of hydrogen-bond acceptors (Lipinski definition) is 6. The molecule has 0 unspecified atom stereocenters. The molecule has 0 spiro atoms. The van der Waals surface area contributed by atoms with E-state index in [0.29, 0.717) is 18.2 Å². The molecule has 0 radical (unpaired) electrons. The second-order valence-electron chi connectivity index (χ2n) is 8.89. The summed E-state index contributed by atoms with van der Waals surface area (Å²) in [6, 6.07) is 23.9. The fraction of sp³-hybridized carbons (Fsp3) is 0.286. The molecule has 7 heteroatoms. The minimum Gasteiger partial charge on any atom is -0.490 e. The van der Waals surface area contributed by atoms with Crippen molar-refractivity contribution in [2.24, 2.45) is 0 Å². The molecule has 1 saturated heterocycles. The summed E-state index contributed by atoms with van der Waals surface area (Å²) in [5.74, 6) is 0.458. The molecule has 3 aromatic carbocycles. The summed E-state index contributed by atoms with van der Waals surface area (Å²) >= 11 is 0. The predicted molar refractivity (Wildman–Crippen MR) is 137 cm³/mol. The van der Waals surface area contributed by atoms with Gasteiger partial charge in [0.15, 0.2) is 0 Å². The molecule has 7 nitrogen and oxygen atoms in total. The van der Waals surface area contributed by atoms with Crippen LogP contribution < -0.4 is 10.1 Å². The first-order valence-corrected chi connectivity index (χ1v) is 12.1. The van der Waals surface area contributed by atoms with Gasteiger partial charge in [-0.15, -0.1) is 0 Å². The second kappa shape index (κ2) is 11.1. The van der Waals surface area contributed by atoms with Crippen LogP contribution in [0.1, 0.15) is 28.8 Å². The van der Waals surface area contributed by atoms with Gasteiger partial charge in [-0.05, 0) is 67.4 Å². The first-order valence-electron chi connectivity index (χ1n) is 12.1. The Morgan fingerprint density at radius 2 is 1.97 bits per heavy atom. The van der Waals surface area contributed by atoms with Crippen molar-refractivity contribution in [3.63, 3.8) is 0 Å². The summed E-state index contributed by atoms with van der Waals surface area (Å²) in [7, 11) is 0. The lowest BCUT2D eigenvalue weighted by Gasteiger charge is -2.33. The topological polar surface area (TPSA) is 79.5 Å². The molecule has 0 saturated carbocycles. The SMILES string of the molecule is O=C(OCCOc1cccc(CN2CCC[C@H](Nc3ccc4[nH]ncc4c3)C2)c1)c1ccccc1. The van der Waals surface area contributed by atoms with E-state index in [4.69, 9.17) is 9.47 Å². The number of rotatable bonds is 9. The van der Waals surface area contributed by atoms with Gasteiger partial charge in [0.1, 0.15) is 19.0 Å². The monoisotopic (exact) mass is 470 g/mol. The van der Waals surface area contributed by atoms with E-state index in [1.54, 1.807) is 12.1 Å². The average Bonchev–Trinajstić information content (AvgIpc) is 3.35. The van der Waals surface area contributed by atoms with Crippen molar-refractivity contribution in [3.05, 3.63) is 90.1 Å². The number of fused-ring (bicyclic) bond motifs is 1. The number of nitrogens with zero attached hydrogens (tertiary/aromatic N) is 2. The van der Waals surface area contributed by atoms with Crippen LogP contribution in [0, 0.1) is 0 Å². The van der Waals surface area contributed by atoms with Gasteiger partial charge < -0.3 is 14.8 Å². The van der Waals surface area contributed by atoms with E-state index in [-0.39, 0.29) is 12.6 Å². The van der Waals surface area contributed by atoms with Crippen molar-refractivity contribution in [1.29, 1.82) is 0 Å². The number of hydrogen-bond donors (Lipinski definition) is 2. The number of esters is 1. The summed E-state index contributed by atoms with van der Waals surface area (Å²) < 4.78 is 11.1. The maximum Gasteiger partial charge on any atom is 0.338 e. The molecule has 1 aromatic heterocycles. The fourth-order valence-electron chi connectivity index (χ4n) is 4.53. The van der Waals surface area contributed by atoms with Crippen LogP contribution >= 0.6 is 0 Å². The van der Waals surface area contributed by atoms with E-state index < -0.39 is 0 Å². The Labute approximate surface area is 205 Å². The molecule has 0 amide bonds. The van der Waals surface area contributed by atoms with Gasteiger partial charge in [0.25, 0.3) is 0 Å². The van der Waals surface area contributed by atoms with Crippen molar-refractivity contribution < 1.29 is 14.3 Å². The molecular formula is C28H30N4O3. The Balaban J connectivity index is 1.09. The minimum atomic E-state index is -0.333. The fourth-order valence-corrected chi connectivity index (χ4v) is 4.53. The normalized spacial score (nSPS) is 16.2. The number of likely N-dealkylation sites (tertiary alicyclic amines) is 1. The van der Waals surface area contributed by atoms with Crippen LogP contribution in [-0.2, 0) is 11.3 Å². The Morgan fingerprint density at radius 1 is 1.06 bits per heavy atom. The average molecular weight is 471 g/mol. The molecular weight excluding hydrogens is 440 g/mol. The predicted octanol–water partition coefficient (Wildman–Crippen LogP) is 4.88. The van der Waals surface area contributed by atoms with Crippen molar-refractivity contribution in [1.82, 2.24) is 15.1 Å². The van der Waals surface area contributed by atoms with Crippen LogP contribution in [0.5, 0.6) is 5.75 Å².